The average molecular weight is 264 g/mol. The Kier molecular flexibility index (Phi) is 6.60. The third-order valence-electron chi connectivity index (χ3n) is 2.48. The fourth-order valence-electron chi connectivity index (χ4n) is 1.47. The summed E-state index contributed by atoms with van der Waals surface area (Å²) < 4.78 is 5.33. The van der Waals surface area contributed by atoms with Crippen molar-refractivity contribution in [3.63, 3.8) is 0 Å². The van der Waals surface area contributed by atoms with E-state index in [1.807, 2.05) is 6.92 Å². The number of Topliss-reactive ketones (excluding diaryl/α,β-unsaturated/α-hetero) is 1. The number of ketones is 1. The first-order valence-corrected chi connectivity index (χ1v) is 6.34. The van der Waals surface area contributed by atoms with Crippen molar-refractivity contribution in [2.75, 3.05) is 26.2 Å². The van der Waals surface area contributed by atoms with Crippen molar-refractivity contribution in [2.45, 2.75) is 13.8 Å². The third-order valence-corrected chi connectivity index (χ3v) is 2.48. The quantitative estimate of drug-likeness (QED) is 0.543. The van der Waals surface area contributed by atoms with Crippen molar-refractivity contribution in [2.24, 2.45) is 0 Å². The van der Waals surface area contributed by atoms with Crippen LogP contribution in [-0.4, -0.2) is 37.9 Å². The molecule has 0 aliphatic carbocycles. The lowest BCUT2D eigenvalue weighted by Gasteiger charge is -2.08. The van der Waals surface area contributed by atoms with Crippen LogP contribution >= 0.6 is 0 Å². The molecule has 0 aliphatic heterocycles. The number of hydrogen-bond acceptors (Lipinski definition) is 4. The Hall–Kier alpha value is -1.88. The first kappa shape index (κ1) is 15.2. The molecule has 0 heterocycles. The number of amides is 1. The van der Waals surface area contributed by atoms with Crippen molar-refractivity contribution in [3.05, 3.63) is 29.8 Å². The molecule has 0 spiro atoms. The van der Waals surface area contributed by atoms with E-state index in [1.54, 1.807) is 24.3 Å². The standard InChI is InChI=1S/C14H20N2O3/c1-3-15-7-8-16-14(18)10-19-13-6-4-5-12(9-13)11(2)17/h4-6,9,15H,3,7-8,10H2,1-2H3,(H,16,18). The van der Waals surface area contributed by atoms with Crippen molar-refractivity contribution in [1.29, 1.82) is 0 Å². The Balaban J connectivity index is 2.33. The zero-order valence-corrected chi connectivity index (χ0v) is 11.4. The molecule has 5 heteroatoms. The molecule has 0 radical (unpaired) electrons. The Morgan fingerprint density at radius 3 is 2.74 bits per heavy atom. The van der Waals surface area contributed by atoms with Gasteiger partial charge in [-0.05, 0) is 25.6 Å². The lowest BCUT2D eigenvalue weighted by molar-refractivity contribution is -0.123. The highest BCUT2D eigenvalue weighted by Gasteiger charge is 2.04. The molecule has 0 atom stereocenters. The summed E-state index contributed by atoms with van der Waals surface area (Å²) in [6.45, 7) is 5.64. The molecule has 1 rings (SSSR count). The van der Waals surface area contributed by atoms with E-state index in [0.29, 0.717) is 17.9 Å². The summed E-state index contributed by atoms with van der Waals surface area (Å²) in [5.74, 6) is 0.321. The maximum absolute atomic E-state index is 11.5. The number of benzene rings is 1. The minimum absolute atomic E-state index is 0.0273. The van der Waals surface area contributed by atoms with Crippen LogP contribution in [0.2, 0.25) is 0 Å². The van der Waals surface area contributed by atoms with Crippen LogP contribution in [0.25, 0.3) is 0 Å². The van der Waals surface area contributed by atoms with Gasteiger partial charge in [0.2, 0.25) is 0 Å². The van der Waals surface area contributed by atoms with Crippen molar-refractivity contribution in [1.82, 2.24) is 10.6 Å². The molecule has 0 saturated heterocycles. The second-order valence-electron chi connectivity index (χ2n) is 4.08. The average Bonchev–Trinajstić information content (AvgIpc) is 2.41. The summed E-state index contributed by atoms with van der Waals surface area (Å²) in [6, 6.07) is 6.80. The van der Waals surface area contributed by atoms with Gasteiger partial charge in [0, 0.05) is 18.7 Å². The van der Waals surface area contributed by atoms with E-state index in [0.717, 1.165) is 13.1 Å². The number of nitrogens with one attached hydrogen (secondary N) is 2. The van der Waals surface area contributed by atoms with Gasteiger partial charge in [-0.25, -0.2) is 0 Å². The molecule has 1 aromatic rings. The molecule has 1 aromatic carbocycles. The van der Waals surface area contributed by atoms with Crippen molar-refractivity contribution < 1.29 is 14.3 Å². The molecule has 0 bridgehead atoms. The smallest absolute Gasteiger partial charge is 0.257 e. The lowest BCUT2D eigenvalue weighted by atomic mass is 10.1. The molecule has 104 valence electrons. The van der Waals surface area contributed by atoms with Gasteiger partial charge in [0.15, 0.2) is 12.4 Å². The minimum atomic E-state index is -0.175. The second-order valence-corrected chi connectivity index (χ2v) is 4.08. The summed E-state index contributed by atoms with van der Waals surface area (Å²) in [5.41, 5.74) is 0.574. The first-order valence-electron chi connectivity index (χ1n) is 6.34. The second kappa shape index (κ2) is 8.26. The Bertz CT molecular complexity index is 432. The SMILES string of the molecule is CCNCCNC(=O)COc1cccc(C(C)=O)c1. The van der Waals surface area contributed by atoms with Crippen LogP contribution in [0.15, 0.2) is 24.3 Å². The van der Waals surface area contributed by atoms with E-state index in [-0.39, 0.29) is 18.3 Å². The highest BCUT2D eigenvalue weighted by atomic mass is 16.5. The van der Waals surface area contributed by atoms with Crippen LogP contribution in [0.5, 0.6) is 5.75 Å². The Morgan fingerprint density at radius 1 is 1.26 bits per heavy atom. The van der Waals surface area contributed by atoms with Gasteiger partial charge in [0.1, 0.15) is 5.75 Å². The summed E-state index contributed by atoms with van der Waals surface area (Å²) in [7, 11) is 0. The molecule has 0 aliphatic rings. The number of carbonyl (C=O) groups is 2. The van der Waals surface area contributed by atoms with Gasteiger partial charge in [-0.1, -0.05) is 19.1 Å². The fourth-order valence-corrected chi connectivity index (χ4v) is 1.47. The number of carbonyl (C=O) groups excluding carboxylic acids is 2. The van der Waals surface area contributed by atoms with Gasteiger partial charge in [-0.3, -0.25) is 9.59 Å². The zero-order valence-electron chi connectivity index (χ0n) is 11.4. The fraction of sp³-hybridized carbons (Fsp3) is 0.429. The topological polar surface area (TPSA) is 67.4 Å². The predicted molar refractivity (Wildman–Crippen MR) is 73.5 cm³/mol. The molecule has 2 N–H and O–H groups in total. The van der Waals surface area contributed by atoms with E-state index < -0.39 is 0 Å². The van der Waals surface area contributed by atoms with E-state index in [2.05, 4.69) is 10.6 Å². The minimum Gasteiger partial charge on any atom is -0.484 e. The zero-order chi connectivity index (χ0) is 14.1. The maximum Gasteiger partial charge on any atom is 0.257 e. The van der Waals surface area contributed by atoms with E-state index in [4.69, 9.17) is 4.74 Å². The van der Waals surface area contributed by atoms with Gasteiger partial charge >= 0.3 is 0 Å². The molecule has 0 fully saturated rings. The van der Waals surface area contributed by atoms with Crippen LogP contribution in [0.1, 0.15) is 24.2 Å². The first-order chi connectivity index (χ1) is 9.13. The number of rotatable bonds is 8. The largest absolute Gasteiger partial charge is 0.484 e. The number of likely N-dealkylation sites (N-methyl/N-ethyl adjacent to an activating group) is 1. The van der Waals surface area contributed by atoms with Crippen LogP contribution in [0, 0.1) is 0 Å². The lowest BCUT2D eigenvalue weighted by Crippen LogP contribution is -2.34. The van der Waals surface area contributed by atoms with Crippen molar-refractivity contribution in [3.8, 4) is 5.75 Å². The molecule has 1 amide bonds. The number of ether oxygens (including phenoxy) is 1. The van der Waals surface area contributed by atoms with Gasteiger partial charge < -0.3 is 15.4 Å². The van der Waals surface area contributed by atoms with Crippen molar-refractivity contribution >= 4 is 11.7 Å². The van der Waals surface area contributed by atoms with Crippen LogP contribution in [0.4, 0.5) is 0 Å². The normalized spacial score (nSPS) is 10.0. The highest BCUT2D eigenvalue weighted by Crippen LogP contribution is 2.13. The predicted octanol–water partition coefficient (Wildman–Crippen LogP) is 0.994. The molecule has 19 heavy (non-hydrogen) atoms. The highest BCUT2D eigenvalue weighted by molar-refractivity contribution is 5.94. The van der Waals surface area contributed by atoms with Gasteiger partial charge in [0.05, 0.1) is 0 Å². The monoisotopic (exact) mass is 264 g/mol. The third kappa shape index (κ3) is 6.01. The number of hydrogen-bond donors (Lipinski definition) is 2. The van der Waals surface area contributed by atoms with Crippen LogP contribution < -0.4 is 15.4 Å². The van der Waals surface area contributed by atoms with E-state index in [9.17, 15) is 9.59 Å². The van der Waals surface area contributed by atoms with Gasteiger partial charge in [-0.15, -0.1) is 0 Å². The summed E-state index contributed by atoms with van der Waals surface area (Å²) in [6.07, 6.45) is 0. The molecule has 0 unspecified atom stereocenters. The van der Waals surface area contributed by atoms with E-state index in [1.165, 1.54) is 6.92 Å². The van der Waals surface area contributed by atoms with Crippen LogP contribution in [0.3, 0.4) is 0 Å². The Labute approximate surface area is 113 Å². The van der Waals surface area contributed by atoms with Crippen LogP contribution in [-0.2, 0) is 4.79 Å². The Morgan fingerprint density at radius 2 is 2.05 bits per heavy atom. The molecule has 0 aromatic heterocycles. The molecular weight excluding hydrogens is 244 g/mol. The molecular formula is C14H20N2O3. The van der Waals surface area contributed by atoms with E-state index >= 15 is 0 Å². The molecule has 0 saturated carbocycles. The molecule has 5 nitrogen and oxygen atoms in total. The van der Waals surface area contributed by atoms with Gasteiger partial charge in [0.25, 0.3) is 5.91 Å². The maximum atomic E-state index is 11.5. The summed E-state index contributed by atoms with van der Waals surface area (Å²) in [5, 5.41) is 5.84. The summed E-state index contributed by atoms with van der Waals surface area (Å²) in [4.78, 5) is 22.7. The van der Waals surface area contributed by atoms with Gasteiger partial charge in [-0.2, -0.15) is 0 Å². The summed E-state index contributed by atoms with van der Waals surface area (Å²) >= 11 is 0.